The lowest BCUT2D eigenvalue weighted by atomic mass is 10.1. The Morgan fingerprint density at radius 1 is 1.11 bits per heavy atom. The van der Waals surface area contributed by atoms with E-state index in [1.807, 2.05) is 0 Å². The molecule has 0 unspecified atom stereocenters. The van der Waals surface area contributed by atoms with Crippen LogP contribution in [-0.2, 0) is 6.54 Å². The summed E-state index contributed by atoms with van der Waals surface area (Å²) in [5, 5.41) is 0. The third-order valence-corrected chi connectivity index (χ3v) is 4.08. The number of hydrogen-bond acceptors (Lipinski definition) is 2. The summed E-state index contributed by atoms with van der Waals surface area (Å²) in [4.78, 5) is 4.49. The summed E-state index contributed by atoms with van der Waals surface area (Å²) in [6.45, 7) is 8.30. The van der Waals surface area contributed by atoms with Gasteiger partial charge in [-0.25, -0.2) is 8.78 Å². The van der Waals surface area contributed by atoms with Gasteiger partial charge in [0.1, 0.15) is 11.6 Å². The van der Waals surface area contributed by atoms with Gasteiger partial charge in [0.15, 0.2) is 0 Å². The topological polar surface area (TPSA) is 6.48 Å². The van der Waals surface area contributed by atoms with Gasteiger partial charge in [0.25, 0.3) is 0 Å². The molecule has 1 fully saturated rings. The molecule has 1 aliphatic rings. The third-order valence-electron chi connectivity index (χ3n) is 3.62. The van der Waals surface area contributed by atoms with E-state index >= 15 is 0 Å². The largest absolute Gasteiger partial charge is 0.298 e. The highest BCUT2D eigenvalue weighted by Gasteiger charge is 2.21. The second-order valence-corrected chi connectivity index (χ2v) is 6.17. The fourth-order valence-corrected chi connectivity index (χ4v) is 2.79. The van der Waals surface area contributed by atoms with Crippen LogP contribution in [-0.4, -0.2) is 42.0 Å². The number of hydrogen-bond donors (Lipinski definition) is 0. The van der Waals surface area contributed by atoms with E-state index in [9.17, 15) is 8.78 Å². The van der Waals surface area contributed by atoms with E-state index in [0.29, 0.717) is 17.1 Å². The summed E-state index contributed by atoms with van der Waals surface area (Å²) in [5.74, 6) is -0.948. The van der Waals surface area contributed by atoms with Crippen LogP contribution < -0.4 is 0 Å². The predicted molar refractivity (Wildman–Crippen MR) is 76.0 cm³/mol. The van der Waals surface area contributed by atoms with Gasteiger partial charge in [0.2, 0.25) is 0 Å². The molecule has 0 bridgehead atoms. The van der Waals surface area contributed by atoms with Crippen LogP contribution in [0.1, 0.15) is 19.4 Å². The maximum atomic E-state index is 13.8. The molecule has 5 heteroatoms. The lowest BCUT2D eigenvalue weighted by Gasteiger charge is -2.37. The minimum atomic E-state index is -0.474. The molecule has 1 heterocycles. The number of benzene rings is 1. The SMILES string of the molecule is CC(C)N1CCN(Cc2c(F)cc(Br)cc2F)CC1. The molecule has 1 aliphatic heterocycles. The van der Waals surface area contributed by atoms with Crippen molar-refractivity contribution in [3.8, 4) is 0 Å². The van der Waals surface area contributed by atoms with Crippen molar-refractivity contribution >= 4 is 15.9 Å². The Morgan fingerprint density at radius 3 is 2.11 bits per heavy atom. The Hall–Kier alpha value is -0.520. The number of halogens is 3. The summed E-state index contributed by atoms with van der Waals surface area (Å²) in [7, 11) is 0. The van der Waals surface area contributed by atoms with Crippen LogP contribution in [0.25, 0.3) is 0 Å². The lowest BCUT2D eigenvalue weighted by molar-refractivity contribution is 0.102. The second-order valence-electron chi connectivity index (χ2n) is 5.25. The Kier molecular flexibility index (Phi) is 4.92. The van der Waals surface area contributed by atoms with Crippen molar-refractivity contribution in [1.82, 2.24) is 9.80 Å². The Balaban J connectivity index is 2.00. The average Bonchev–Trinajstić information content (AvgIpc) is 2.34. The smallest absolute Gasteiger partial charge is 0.131 e. The van der Waals surface area contributed by atoms with E-state index < -0.39 is 11.6 Å². The van der Waals surface area contributed by atoms with Gasteiger partial charge in [0.05, 0.1) is 0 Å². The van der Waals surface area contributed by atoms with Gasteiger partial charge in [-0.2, -0.15) is 0 Å². The monoisotopic (exact) mass is 332 g/mol. The highest BCUT2D eigenvalue weighted by atomic mass is 79.9. The molecule has 2 rings (SSSR count). The molecule has 1 aromatic carbocycles. The molecule has 0 aromatic heterocycles. The zero-order chi connectivity index (χ0) is 14.0. The fraction of sp³-hybridized carbons (Fsp3) is 0.571. The summed E-state index contributed by atoms with van der Waals surface area (Å²) in [6.07, 6.45) is 0. The van der Waals surface area contributed by atoms with Crippen molar-refractivity contribution < 1.29 is 8.78 Å². The molecule has 0 amide bonds. The molecule has 0 aliphatic carbocycles. The lowest BCUT2D eigenvalue weighted by Crippen LogP contribution is -2.48. The van der Waals surface area contributed by atoms with Crippen LogP contribution in [0.15, 0.2) is 16.6 Å². The summed E-state index contributed by atoms with van der Waals surface area (Å²) >= 11 is 3.10. The molecular formula is C14H19BrF2N2. The number of piperazine rings is 1. The van der Waals surface area contributed by atoms with Crippen molar-refractivity contribution in [2.45, 2.75) is 26.4 Å². The number of nitrogens with zero attached hydrogens (tertiary/aromatic N) is 2. The average molecular weight is 333 g/mol. The van der Waals surface area contributed by atoms with Crippen LogP contribution in [0.5, 0.6) is 0 Å². The van der Waals surface area contributed by atoms with Crippen LogP contribution in [0.4, 0.5) is 8.78 Å². The molecule has 1 saturated heterocycles. The molecular weight excluding hydrogens is 314 g/mol. The molecule has 0 spiro atoms. The van der Waals surface area contributed by atoms with E-state index in [-0.39, 0.29) is 5.56 Å². The maximum Gasteiger partial charge on any atom is 0.131 e. The summed E-state index contributed by atoms with van der Waals surface area (Å²) in [5.41, 5.74) is 0.168. The zero-order valence-electron chi connectivity index (χ0n) is 11.3. The van der Waals surface area contributed by atoms with E-state index in [4.69, 9.17) is 0 Å². The van der Waals surface area contributed by atoms with Crippen molar-refractivity contribution in [3.05, 3.63) is 33.8 Å². The maximum absolute atomic E-state index is 13.8. The van der Waals surface area contributed by atoms with Gasteiger partial charge in [-0.05, 0) is 26.0 Å². The fourth-order valence-electron chi connectivity index (χ4n) is 2.38. The summed E-state index contributed by atoms with van der Waals surface area (Å²) in [6, 6.07) is 3.18. The van der Waals surface area contributed by atoms with Gasteiger partial charge in [0, 0.05) is 48.8 Å². The quantitative estimate of drug-likeness (QED) is 0.838. The first-order chi connectivity index (χ1) is 8.97. The first kappa shape index (κ1) is 14.9. The van der Waals surface area contributed by atoms with Crippen LogP contribution >= 0.6 is 15.9 Å². The first-order valence-electron chi connectivity index (χ1n) is 6.57. The zero-order valence-corrected chi connectivity index (χ0v) is 12.9. The molecule has 0 radical (unpaired) electrons. The molecule has 19 heavy (non-hydrogen) atoms. The normalized spacial score (nSPS) is 18.2. The standard InChI is InChI=1S/C14H19BrF2N2/c1-10(2)19-5-3-18(4-6-19)9-12-13(16)7-11(15)8-14(12)17/h7-8,10H,3-6,9H2,1-2H3. The Labute approximate surface area is 121 Å². The predicted octanol–water partition coefficient (Wildman–Crippen LogP) is 3.25. The van der Waals surface area contributed by atoms with E-state index in [1.54, 1.807) is 0 Å². The van der Waals surface area contributed by atoms with E-state index in [1.165, 1.54) is 12.1 Å². The van der Waals surface area contributed by atoms with Gasteiger partial charge < -0.3 is 0 Å². The van der Waals surface area contributed by atoms with E-state index in [2.05, 4.69) is 39.6 Å². The molecule has 2 nitrogen and oxygen atoms in total. The highest BCUT2D eigenvalue weighted by Crippen LogP contribution is 2.21. The van der Waals surface area contributed by atoms with Crippen molar-refractivity contribution in [2.75, 3.05) is 26.2 Å². The van der Waals surface area contributed by atoms with Gasteiger partial charge >= 0.3 is 0 Å². The van der Waals surface area contributed by atoms with Crippen molar-refractivity contribution in [3.63, 3.8) is 0 Å². The minimum Gasteiger partial charge on any atom is -0.298 e. The summed E-state index contributed by atoms with van der Waals surface area (Å²) < 4.78 is 28.0. The second kappa shape index (κ2) is 6.29. The molecule has 0 atom stereocenters. The Morgan fingerprint density at radius 2 is 1.63 bits per heavy atom. The van der Waals surface area contributed by atoms with Crippen molar-refractivity contribution in [1.29, 1.82) is 0 Å². The van der Waals surface area contributed by atoms with Crippen LogP contribution in [0.2, 0.25) is 0 Å². The third kappa shape index (κ3) is 3.74. The first-order valence-corrected chi connectivity index (χ1v) is 7.36. The van der Waals surface area contributed by atoms with Crippen LogP contribution in [0, 0.1) is 11.6 Å². The minimum absolute atomic E-state index is 0.168. The molecule has 106 valence electrons. The molecule has 0 saturated carbocycles. The van der Waals surface area contributed by atoms with Gasteiger partial charge in [-0.1, -0.05) is 15.9 Å². The molecule has 1 aromatic rings. The van der Waals surface area contributed by atoms with Crippen molar-refractivity contribution in [2.24, 2.45) is 0 Å². The highest BCUT2D eigenvalue weighted by molar-refractivity contribution is 9.10. The van der Waals surface area contributed by atoms with Crippen LogP contribution in [0.3, 0.4) is 0 Å². The Bertz CT molecular complexity index is 420. The number of rotatable bonds is 3. The van der Waals surface area contributed by atoms with Gasteiger partial charge in [-0.3, -0.25) is 9.80 Å². The molecule has 0 N–H and O–H groups in total. The van der Waals surface area contributed by atoms with E-state index in [0.717, 1.165) is 26.2 Å². The van der Waals surface area contributed by atoms with Gasteiger partial charge in [-0.15, -0.1) is 0 Å².